The normalized spacial score (nSPS) is 20.3. The van der Waals surface area contributed by atoms with Gasteiger partial charge in [-0.2, -0.15) is 0 Å². The van der Waals surface area contributed by atoms with Crippen LogP contribution in [-0.4, -0.2) is 44.9 Å². The molecule has 1 N–H and O–H groups in total. The van der Waals surface area contributed by atoms with Crippen molar-refractivity contribution in [2.24, 2.45) is 0 Å². The van der Waals surface area contributed by atoms with E-state index in [2.05, 4.69) is 16.3 Å². The van der Waals surface area contributed by atoms with Gasteiger partial charge in [0, 0.05) is 13.1 Å². The first-order valence-corrected chi connectivity index (χ1v) is 8.32. The maximum atomic E-state index is 12.3. The standard InChI is InChI=1S/C18H24N2O3/c1-2-9-19-18(21)17-12-20(11-14-6-5-10-22-13-14)15-7-3-4-8-16(15)23-17/h3-4,6-8,17H,2,5,9-13H2,1H3,(H,19,21). The zero-order chi connectivity index (χ0) is 16.1. The number of ether oxygens (including phenoxy) is 2. The van der Waals surface area contributed by atoms with E-state index in [1.807, 2.05) is 31.2 Å². The molecule has 1 amide bonds. The summed E-state index contributed by atoms with van der Waals surface area (Å²) in [5.74, 6) is 0.730. The highest BCUT2D eigenvalue weighted by molar-refractivity contribution is 5.83. The summed E-state index contributed by atoms with van der Waals surface area (Å²) in [6.07, 6.45) is 3.65. The van der Waals surface area contributed by atoms with Gasteiger partial charge in [0.25, 0.3) is 5.91 Å². The van der Waals surface area contributed by atoms with Gasteiger partial charge in [0.05, 0.1) is 25.4 Å². The molecule has 1 atom stereocenters. The van der Waals surface area contributed by atoms with Crippen LogP contribution in [0.3, 0.4) is 0 Å². The number of carbonyl (C=O) groups excluding carboxylic acids is 1. The predicted molar refractivity (Wildman–Crippen MR) is 89.9 cm³/mol. The molecule has 5 nitrogen and oxygen atoms in total. The van der Waals surface area contributed by atoms with Crippen molar-refractivity contribution in [3.63, 3.8) is 0 Å². The second kappa shape index (κ2) is 7.51. The van der Waals surface area contributed by atoms with E-state index in [0.717, 1.165) is 37.4 Å². The van der Waals surface area contributed by atoms with Gasteiger partial charge in [-0.25, -0.2) is 0 Å². The van der Waals surface area contributed by atoms with E-state index < -0.39 is 6.10 Å². The minimum absolute atomic E-state index is 0.0415. The maximum Gasteiger partial charge on any atom is 0.262 e. The number of para-hydroxylation sites is 2. The summed E-state index contributed by atoms with van der Waals surface area (Å²) in [5, 5.41) is 2.93. The Morgan fingerprint density at radius 3 is 3.04 bits per heavy atom. The third kappa shape index (κ3) is 3.85. The van der Waals surface area contributed by atoms with Crippen molar-refractivity contribution in [2.75, 3.05) is 37.7 Å². The summed E-state index contributed by atoms with van der Waals surface area (Å²) >= 11 is 0. The first-order chi connectivity index (χ1) is 11.3. The maximum absolute atomic E-state index is 12.3. The van der Waals surface area contributed by atoms with E-state index in [1.165, 1.54) is 5.57 Å². The number of nitrogens with one attached hydrogen (secondary N) is 1. The summed E-state index contributed by atoms with van der Waals surface area (Å²) in [6, 6.07) is 7.90. The number of hydrogen-bond donors (Lipinski definition) is 1. The van der Waals surface area contributed by atoms with Gasteiger partial charge in [0.1, 0.15) is 5.75 Å². The monoisotopic (exact) mass is 316 g/mol. The lowest BCUT2D eigenvalue weighted by molar-refractivity contribution is -0.127. The van der Waals surface area contributed by atoms with Gasteiger partial charge >= 0.3 is 0 Å². The Bertz CT molecular complexity index is 585. The fourth-order valence-electron chi connectivity index (χ4n) is 2.92. The van der Waals surface area contributed by atoms with Crippen LogP contribution in [0.1, 0.15) is 19.8 Å². The average Bonchev–Trinajstić information content (AvgIpc) is 2.60. The van der Waals surface area contributed by atoms with Gasteiger partial charge in [-0.3, -0.25) is 4.79 Å². The zero-order valence-corrected chi connectivity index (χ0v) is 13.6. The highest BCUT2D eigenvalue weighted by Crippen LogP contribution is 2.33. The molecule has 2 aliphatic rings. The Morgan fingerprint density at radius 1 is 1.39 bits per heavy atom. The third-order valence-corrected chi connectivity index (χ3v) is 4.08. The van der Waals surface area contributed by atoms with E-state index >= 15 is 0 Å². The lowest BCUT2D eigenvalue weighted by Gasteiger charge is -2.36. The van der Waals surface area contributed by atoms with Gasteiger partial charge in [0.2, 0.25) is 0 Å². The van der Waals surface area contributed by atoms with Crippen LogP contribution in [0, 0.1) is 0 Å². The van der Waals surface area contributed by atoms with Crippen molar-refractivity contribution in [2.45, 2.75) is 25.9 Å². The Balaban J connectivity index is 1.76. The largest absolute Gasteiger partial charge is 0.477 e. The van der Waals surface area contributed by atoms with Gasteiger partial charge in [-0.05, 0) is 30.5 Å². The number of benzene rings is 1. The number of rotatable bonds is 5. The minimum atomic E-state index is -0.471. The molecule has 1 aromatic rings. The van der Waals surface area contributed by atoms with Crippen molar-refractivity contribution in [1.29, 1.82) is 0 Å². The summed E-state index contributed by atoms with van der Waals surface area (Å²) in [4.78, 5) is 14.5. The van der Waals surface area contributed by atoms with Crippen molar-refractivity contribution < 1.29 is 14.3 Å². The number of fused-ring (bicyclic) bond motifs is 1. The molecule has 0 fully saturated rings. The lowest BCUT2D eigenvalue weighted by Crippen LogP contribution is -2.49. The molecule has 2 heterocycles. The summed E-state index contributed by atoms with van der Waals surface area (Å²) in [7, 11) is 0. The van der Waals surface area contributed by atoms with Gasteiger partial charge in [-0.1, -0.05) is 25.1 Å². The van der Waals surface area contributed by atoms with E-state index in [-0.39, 0.29) is 5.91 Å². The predicted octanol–water partition coefficient (Wildman–Crippen LogP) is 2.13. The summed E-state index contributed by atoms with van der Waals surface area (Å²) < 4.78 is 11.4. The van der Waals surface area contributed by atoms with Gasteiger partial charge in [0.15, 0.2) is 6.10 Å². The third-order valence-electron chi connectivity index (χ3n) is 4.08. The lowest BCUT2D eigenvalue weighted by atomic mass is 10.1. The van der Waals surface area contributed by atoms with Crippen LogP contribution in [0.15, 0.2) is 35.9 Å². The van der Waals surface area contributed by atoms with Crippen LogP contribution in [0.25, 0.3) is 0 Å². The smallest absolute Gasteiger partial charge is 0.262 e. The molecule has 2 aliphatic heterocycles. The average molecular weight is 316 g/mol. The Kier molecular flexibility index (Phi) is 5.18. The molecule has 3 rings (SSSR count). The molecule has 0 saturated carbocycles. The van der Waals surface area contributed by atoms with Crippen molar-refractivity contribution in [3.05, 3.63) is 35.9 Å². The molecule has 0 aliphatic carbocycles. The van der Waals surface area contributed by atoms with Crippen LogP contribution in [0.4, 0.5) is 5.69 Å². The number of carbonyl (C=O) groups is 1. The summed E-state index contributed by atoms with van der Waals surface area (Å²) in [6.45, 7) is 5.53. The fraction of sp³-hybridized carbons (Fsp3) is 0.500. The number of anilines is 1. The van der Waals surface area contributed by atoms with Crippen molar-refractivity contribution in [1.82, 2.24) is 5.32 Å². The topological polar surface area (TPSA) is 50.8 Å². The zero-order valence-electron chi connectivity index (χ0n) is 13.6. The van der Waals surface area contributed by atoms with Crippen LogP contribution < -0.4 is 15.0 Å². The van der Waals surface area contributed by atoms with Crippen molar-refractivity contribution in [3.8, 4) is 5.75 Å². The first kappa shape index (κ1) is 15.9. The Hall–Kier alpha value is -2.01. The minimum Gasteiger partial charge on any atom is -0.477 e. The van der Waals surface area contributed by atoms with Gasteiger partial charge in [-0.15, -0.1) is 0 Å². The van der Waals surface area contributed by atoms with Crippen LogP contribution in [0.2, 0.25) is 0 Å². The highest BCUT2D eigenvalue weighted by Gasteiger charge is 2.30. The van der Waals surface area contributed by atoms with E-state index in [9.17, 15) is 4.79 Å². The molecular weight excluding hydrogens is 292 g/mol. The Morgan fingerprint density at radius 2 is 2.26 bits per heavy atom. The van der Waals surface area contributed by atoms with Gasteiger partial charge < -0.3 is 19.7 Å². The number of hydrogen-bond acceptors (Lipinski definition) is 4. The molecule has 0 bridgehead atoms. The van der Waals surface area contributed by atoms with Crippen LogP contribution in [-0.2, 0) is 9.53 Å². The van der Waals surface area contributed by atoms with E-state index in [1.54, 1.807) is 0 Å². The first-order valence-electron chi connectivity index (χ1n) is 8.32. The van der Waals surface area contributed by atoms with Crippen molar-refractivity contribution >= 4 is 11.6 Å². The molecule has 0 saturated heterocycles. The SMILES string of the molecule is CCCNC(=O)C1CN(CC2=CCCOC2)c2ccccc2O1. The van der Waals surface area contributed by atoms with Crippen LogP contribution in [0.5, 0.6) is 5.75 Å². The highest BCUT2D eigenvalue weighted by atomic mass is 16.5. The molecule has 0 spiro atoms. The number of nitrogens with zero attached hydrogens (tertiary/aromatic N) is 1. The molecule has 5 heteroatoms. The second-order valence-corrected chi connectivity index (χ2v) is 5.95. The Labute approximate surface area is 137 Å². The molecule has 1 unspecified atom stereocenters. The van der Waals surface area contributed by atoms with E-state index in [4.69, 9.17) is 9.47 Å². The number of amides is 1. The molecule has 0 aromatic heterocycles. The molecule has 0 radical (unpaired) electrons. The quantitative estimate of drug-likeness (QED) is 0.846. The molecule has 1 aromatic carbocycles. The fourth-order valence-corrected chi connectivity index (χ4v) is 2.92. The molecular formula is C18H24N2O3. The molecule has 23 heavy (non-hydrogen) atoms. The van der Waals surface area contributed by atoms with Crippen LogP contribution >= 0.6 is 0 Å². The second-order valence-electron chi connectivity index (χ2n) is 5.95. The summed E-state index contributed by atoms with van der Waals surface area (Å²) in [5.41, 5.74) is 2.30. The molecule has 124 valence electrons. The van der Waals surface area contributed by atoms with E-state index in [0.29, 0.717) is 19.7 Å².